The summed E-state index contributed by atoms with van der Waals surface area (Å²) in [5.41, 5.74) is 6.84. The van der Waals surface area contributed by atoms with Crippen molar-refractivity contribution in [2.24, 2.45) is 11.7 Å². The van der Waals surface area contributed by atoms with Gasteiger partial charge in [-0.2, -0.15) is 0 Å². The SMILES string of the molecule is CC.CCC(=O)c1cccc(N)c1.NN. The number of ketones is 1. The molecule has 0 saturated heterocycles. The first-order valence-electron chi connectivity index (χ1n) is 4.96. The normalized spacial score (nSPS) is 7.80. The number of carbonyl (C=O) groups excluding carboxylic acids is 1. The Balaban J connectivity index is 0. The first-order chi connectivity index (χ1) is 7.24. The molecule has 1 rings (SSSR count). The van der Waals surface area contributed by atoms with Crippen molar-refractivity contribution < 1.29 is 4.79 Å². The molecule has 0 aliphatic rings. The molecule has 0 bridgehead atoms. The van der Waals surface area contributed by atoms with E-state index in [9.17, 15) is 4.79 Å². The van der Waals surface area contributed by atoms with E-state index in [1.54, 1.807) is 24.3 Å². The van der Waals surface area contributed by atoms with Gasteiger partial charge in [0.05, 0.1) is 0 Å². The third-order valence-corrected chi connectivity index (χ3v) is 1.53. The molecule has 1 aromatic carbocycles. The summed E-state index contributed by atoms with van der Waals surface area (Å²) in [5, 5.41) is 0. The van der Waals surface area contributed by atoms with E-state index >= 15 is 0 Å². The van der Waals surface area contributed by atoms with Gasteiger partial charge in [-0.25, -0.2) is 0 Å². The minimum atomic E-state index is 0.136. The van der Waals surface area contributed by atoms with E-state index in [1.165, 1.54) is 0 Å². The summed E-state index contributed by atoms with van der Waals surface area (Å²) in [6.45, 7) is 5.84. The molecule has 1 aromatic rings. The smallest absolute Gasteiger partial charge is 0.162 e. The molecule has 0 aliphatic carbocycles. The maximum atomic E-state index is 11.1. The van der Waals surface area contributed by atoms with Crippen LogP contribution in [0.1, 0.15) is 37.6 Å². The highest BCUT2D eigenvalue weighted by Gasteiger charge is 2.00. The molecule has 0 saturated carbocycles. The van der Waals surface area contributed by atoms with Crippen LogP contribution in [0.2, 0.25) is 0 Å². The second-order valence-corrected chi connectivity index (χ2v) is 2.40. The van der Waals surface area contributed by atoms with Crippen LogP contribution in [0.5, 0.6) is 0 Å². The van der Waals surface area contributed by atoms with Crippen molar-refractivity contribution in [3.8, 4) is 0 Å². The zero-order valence-corrected chi connectivity index (χ0v) is 9.66. The van der Waals surface area contributed by atoms with E-state index in [-0.39, 0.29) is 5.78 Å². The summed E-state index contributed by atoms with van der Waals surface area (Å²) >= 11 is 0. The topological polar surface area (TPSA) is 95.1 Å². The fraction of sp³-hybridized carbons (Fsp3) is 0.364. The van der Waals surface area contributed by atoms with Crippen molar-refractivity contribution in [1.29, 1.82) is 0 Å². The predicted octanol–water partition coefficient (Wildman–Crippen LogP) is 1.71. The average molecular weight is 211 g/mol. The molecule has 0 aliphatic heterocycles. The molecule has 86 valence electrons. The molecule has 0 unspecified atom stereocenters. The molecule has 0 atom stereocenters. The van der Waals surface area contributed by atoms with Gasteiger partial charge in [0, 0.05) is 17.7 Å². The molecule has 4 nitrogen and oxygen atoms in total. The fourth-order valence-corrected chi connectivity index (χ4v) is 0.916. The number of benzene rings is 1. The number of hydrogen-bond acceptors (Lipinski definition) is 4. The quantitative estimate of drug-likeness (QED) is 0.300. The highest BCUT2D eigenvalue weighted by molar-refractivity contribution is 5.96. The summed E-state index contributed by atoms with van der Waals surface area (Å²) in [6.07, 6.45) is 0.531. The van der Waals surface area contributed by atoms with Gasteiger partial charge in [0.15, 0.2) is 5.78 Å². The van der Waals surface area contributed by atoms with Crippen molar-refractivity contribution in [1.82, 2.24) is 0 Å². The Kier molecular flexibility index (Phi) is 11.4. The second-order valence-electron chi connectivity index (χ2n) is 2.40. The molecule has 15 heavy (non-hydrogen) atoms. The Hall–Kier alpha value is -1.39. The molecule has 0 spiro atoms. The Morgan fingerprint density at radius 1 is 1.27 bits per heavy atom. The number of hydrogen-bond donors (Lipinski definition) is 3. The highest BCUT2D eigenvalue weighted by atomic mass is 16.1. The lowest BCUT2D eigenvalue weighted by Crippen LogP contribution is -2.02. The van der Waals surface area contributed by atoms with Crippen LogP contribution in [-0.4, -0.2) is 5.78 Å². The number of hydrazine groups is 1. The summed E-state index contributed by atoms with van der Waals surface area (Å²) in [4.78, 5) is 11.1. The van der Waals surface area contributed by atoms with Gasteiger partial charge in [0.2, 0.25) is 0 Å². The molecule has 6 N–H and O–H groups in total. The minimum absolute atomic E-state index is 0.136. The lowest BCUT2D eigenvalue weighted by molar-refractivity contribution is 0.0988. The molecule has 0 fully saturated rings. The van der Waals surface area contributed by atoms with Gasteiger partial charge in [0.1, 0.15) is 0 Å². The molecule has 0 radical (unpaired) electrons. The van der Waals surface area contributed by atoms with Crippen LogP contribution < -0.4 is 17.4 Å². The number of nitrogen functional groups attached to an aromatic ring is 1. The van der Waals surface area contributed by atoms with Crippen LogP contribution in [-0.2, 0) is 0 Å². The molecule has 0 aromatic heterocycles. The van der Waals surface area contributed by atoms with Gasteiger partial charge >= 0.3 is 0 Å². The lowest BCUT2D eigenvalue weighted by Gasteiger charge is -1.97. The average Bonchev–Trinajstić information content (AvgIpc) is 2.33. The number of Topliss-reactive ketones (excluding diaryl/α,β-unsaturated/α-hetero) is 1. The van der Waals surface area contributed by atoms with Gasteiger partial charge in [-0.15, -0.1) is 0 Å². The van der Waals surface area contributed by atoms with E-state index in [0.717, 1.165) is 0 Å². The largest absolute Gasteiger partial charge is 0.399 e. The van der Waals surface area contributed by atoms with Gasteiger partial charge < -0.3 is 5.73 Å². The zero-order chi connectivity index (χ0) is 12.3. The second kappa shape index (κ2) is 10.7. The monoisotopic (exact) mass is 211 g/mol. The number of anilines is 1. The van der Waals surface area contributed by atoms with Gasteiger partial charge in [-0.05, 0) is 12.1 Å². The van der Waals surface area contributed by atoms with Crippen molar-refractivity contribution in [3.05, 3.63) is 29.8 Å². The zero-order valence-electron chi connectivity index (χ0n) is 9.66. The summed E-state index contributed by atoms with van der Waals surface area (Å²) < 4.78 is 0. The standard InChI is InChI=1S/C9H11NO.C2H6.H4N2/c1-2-9(11)7-4-3-5-8(10)6-7;2*1-2/h3-6H,2,10H2,1H3;1-2H3;1-2H2. The van der Waals surface area contributed by atoms with Gasteiger partial charge in [0.25, 0.3) is 0 Å². The van der Waals surface area contributed by atoms with Crippen molar-refractivity contribution >= 4 is 11.5 Å². The first-order valence-corrected chi connectivity index (χ1v) is 4.96. The van der Waals surface area contributed by atoms with Gasteiger partial charge in [-0.1, -0.05) is 32.9 Å². The molecule has 0 amide bonds. The summed E-state index contributed by atoms with van der Waals surface area (Å²) in [7, 11) is 0. The number of rotatable bonds is 2. The molecular formula is C11H21N3O. The van der Waals surface area contributed by atoms with Crippen LogP contribution in [0.4, 0.5) is 5.69 Å². The van der Waals surface area contributed by atoms with Crippen molar-refractivity contribution in [2.75, 3.05) is 5.73 Å². The third-order valence-electron chi connectivity index (χ3n) is 1.53. The van der Waals surface area contributed by atoms with Crippen molar-refractivity contribution in [3.63, 3.8) is 0 Å². The maximum Gasteiger partial charge on any atom is 0.162 e. The Bertz CT molecular complexity index is 274. The van der Waals surface area contributed by atoms with E-state index in [4.69, 9.17) is 5.73 Å². The van der Waals surface area contributed by atoms with E-state index in [2.05, 4.69) is 11.7 Å². The fourth-order valence-electron chi connectivity index (χ4n) is 0.916. The number of nitrogens with two attached hydrogens (primary N) is 3. The Morgan fingerprint density at radius 2 is 1.80 bits per heavy atom. The van der Waals surface area contributed by atoms with Crippen LogP contribution in [0, 0.1) is 0 Å². The van der Waals surface area contributed by atoms with Gasteiger partial charge in [-0.3, -0.25) is 16.5 Å². The third kappa shape index (κ3) is 6.65. The van der Waals surface area contributed by atoms with E-state index in [0.29, 0.717) is 17.7 Å². The molecule has 0 heterocycles. The Labute approximate surface area is 91.4 Å². The van der Waals surface area contributed by atoms with Crippen LogP contribution in [0.25, 0.3) is 0 Å². The van der Waals surface area contributed by atoms with Crippen LogP contribution in [0.3, 0.4) is 0 Å². The first kappa shape index (κ1) is 16.1. The van der Waals surface area contributed by atoms with E-state index < -0.39 is 0 Å². The summed E-state index contributed by atoms with van der Waals surface area (Å²) in [6, 6.07) is 7.04. The molecule has 4 heteroatoms. The maximum absolute atomic E-state index is 11.1. The van der Waals surface area contributed by atoms with Crippen LogP contribution >= 0.6 is 0 Å². The van der Waals surface area contributed by atoms with Crippen LogP contribution in [0.15, 0.2) is 24.3 Å². The lowest BCUT2D eigenvalue weighted by atomic mass is 10.1. The van der Waals surface area contributed by atoms with E-state index in [1.807, 2.05) is 20.8 Å². The Morgan fingerprint density at radius 3 is 2.20 bits per heavy atom. The summed E-state index contributed by atoms with van der Waals surface area (Å²) in [5.74, 6) is 8.14. The van der Waals surface area contributed by atoms with Crippen molar-refractivity contribution in [2.45, 2.75) is 27.2 Å². The highest BCUT2D eigenvalue weighted by Crippen LogP contribution is 2.08. The number of carbonyl (C=O) groups is 1. The molecular weight excluding hydrogens is 190 g/mol. The predicted molar refractivity (Wildman–Crippen MR) is 65.2 cm³/mol. The minimum Gasteiger partial charge on any atom is -0.399 e.